The van der Waals surface area contributed by atoms with Gasteiger partial charge >= 0.3 is 0 Å². The summed E-state index contributed by atoms with van der Waals surface area (Å²) in [6.07, 6.45) is 3.23. The van der Waals surface area contributed by atoms with Crippen LogP contribution in [0.15, 0.2) is 4.90 Å². The fourth-order valence-corrected chi connectivity index (χ4v) is 3.99. The minimum atomic E-state index is -3.44. The van der Waals surface area contributed by atoms with Crippen LogP contribution in [-0.4, -0.2) is 38.2 Å². The fourth-order valence-electron chi connectivity index (χ4n) is 2.58. The molecule has 1 unspecified atom stereocenters. The second-order valence-electron chi connectivity index (χ2n) is 5.16. The van der Waals surface area contributed by atoms with Crippen molar-refractivity contribution in [1.29, 1.82) is 0 Å². The Morgan fingerprint density at radius 3 is 2.70 bits per heavy atom. The van der Waals surface area contributed by atoms with Crippen molar-refractivity contribution in [2.75, 3.05) is 19.6 Å². The molecule has 0 aliphatic carbocycles. The number of aryl methyl sites for hydroxylation is 2. The molecule has 0 amide bonds. The zero-order valence-electron chi connectivity index (χ0n) is 11.9. The Labute approximate surface area is 126 Å². The summed E-state index contributed by atoms with van der Waals surface area (Å²) in [6.45, 7) is 5.97. The summed E-state index contributed by atoms with van der Waals surface area (Å²) < 4.78 is 27.1. The van der Waals surface area contributed by atoms with Crippen LogP contribution < -0.4 is 10.0 Å². The minimum Gasteiger partial charge on any atom is -0.316 e. The van der Waals surface area contributed by atoms with Crippen LogP contribution >= 0.6 is 12.4 Å². The fraction of sp³-hybridized carbons (Fsp3) is 0.750. The molecular weight excluding hydrogens is 300 g/mol. The van der Waals surface area contributed by atoms with Crippen molar-refractivity contribution in [3.8, 4) is 0 Å². The lowest BCUT2D eigenvalue weighted by molar-refractivity contribution is 0.358. The highest BCUT2D eigenvalue weighted by molar-refractivity contribution is 7.89. The van der Waals surface area contributed by atoms with Crippen LogP contribution in [-0.2, 0) is 10.0 Å². The molecule has 0 saturated carbocycles. The standard InChI is InChI=1S/C12H22N4O2S.ClH/c1-9-12(10(2)16-15-9)19(17,18)14-7-5-11-4-3-6-13-8-11;/h11,13-14H,3-8H2,1-2H3,(H,15,16);1H. The molecule has 2 rings (SSSR count). The maximum atomic E-state index is 12.2. The molecule has 1 atom stereocenters. The summed E-state index contributed by atoms with van der Waals surface area (Å²) in [5.41, 5.74) is 1.11. The molecule has 2 heterocycles. The van der Waals surface area contributed by atoms with Gasteiger partial charge in [0.1, 0.15) is 4.90 Å². The molecule has 1 fully saturated rings. The molecule has 3 N–H and O–H groups in total. The van der Waals surface area contributed by atoms with Crippen LogP contribution in [0.4, 0.5) is 0 Å². The Balaban J connectivity index is 0.00000200. The van der Waals surface area contributed by atoms with Crippen molar-refractivity contribution in [1.82, 2.24) is 20.2 Å². The number of aromatic nitrogens is 2. The van der Waals surface area contributed by atoms with E-state index in [2.05, 4.69) is 20.2 Å². The SMILES string of the molecule is Cc1n[nH]c(C)c1S(=O)(=O)NCCC1CCCNC1.Cl. The summed E-state index contributed by atoms with van der Waals surface area (Å²) in [5, 5.41) is 9.97. The maximum Gasteiger partial charge on any atom is 0.244 e. The third-order valence-corrected chi connectivity index (χ3v) is 5.30. The van der Waals surface area contributed by atoms with E-state index >= 15 is 0 Å². The molecular formula is C12H23ClN4O2S. The van der Waals surface area contributed by atoms with E-state index in [1.54, 1.807) is 13.8 Å². The molecule has 1 aromatic rings. The average molecular weight is 323 g/mol. The number of nitrogens with zero attached hydrogens (tertiary/aromatic N) is 1. The van der Waals surface area contributed by atoms with E-state index < -0.39 is 10.0 Å². The molecule has 20 heavy (non-hydrogen) atoms. The summed E-state index contributed by atoms with van der Waals surface area (Å²) in [7, 11) is -3.44. The third kappa shape index (κ3) is 4.18. The lowest BCUT2D eigenvalue weighted by atomic mass is 9.96. The van der Waals surface area contributed by atoms with Gasteiger partial charge in [0.2, 0.25) is 10.0 Å². The molecule has 8 heteroatoms. The van der Waals surface area contributed by atoms with Crippen molar-refractivity contribution < 1.29 is 8.42 Å². The monoisotopic (exact) mass is 322 g/mol. The van der Waals surface area contributed by atoms with Gasteiger partial charge in [0.15, 0.2) is 0 Å². The lowest BCUT2D eigenvalue weighted by Gasteiger charge is -2.22. The minimum absolute atomic E-state index is 0. The van der Waals surface area contributed by atoms with Crippen molar-refractivity contribution in [3.05, 3.63) is 11.4 Å². The lowest BCUT2D eigenvalue weighted by Crippen LogP contribution is -2.33. The van der Waals surface area contributed by atoms with Gasteiger partial charge in [-0.25, -0.2) is 13.1 Å². The summed E-state index contributed by atoms with van der Waals surface area (Å²) in [6, 6.07) is 0. The van der Waals surface area contributed by atoms with Crippen molar-refractivity contribution in [2.45, 2.75) is 38.0 Å². The van der Waals surface area contributed by atoms with Crippen LogP contribution in [0.1, 0.15) is 30.7 Å². The highest BCUT2D eigenvalue weighted by Crippen LogP contribution is 2.17. The van der Waals surface area contributed by atoms with Crippen LogP contribution in [0.5, 0.6) is 0 Å². The molecule has 0 aromatic carbocycles. The molecule has 0 spiro atoms. The summed E-state index contributed by atoms with van der Waals surface area (Å²) in [4.78, 5) is 0.286. The Bertz CT molecular complexity index is 504. The Morgan fingerprint density at radius 2 is 2.15 bits per heavy atom. The van der Waals surface area contributed by atoms with Gasteiger partial charge in [-0.15, -0.1) is 12.4 Å². The molecule has 1 aliphatic heterocycles. The molecule has 6 nitrogen and oxygen atoms in total. The maximum absolute atomic E-state index is 12.2. The van der Waals surface area contributed by atoms with Crippen molar-refractivity contribution in [2.24, 2.45) is 5.92 Å². The molecule has 0 radical (unpaired) electrons. The van der Waals surface area contributed by atoms with Gasteiger partial charge in [0.05, 0.1) is 11.4 Å². The highest BCUT2D eigenvalue weighted by atomic mass is 35.5. The summed E-state index contributed by atoms with van der Waals surface area (Å²) in [5.74, 6) is 0.572. The van der Waals surface area contributed by atoms with E-state index in [1.165, 1.54) is 12.8 Å². The van der Waals surface area contributed by atoms with E-state index in [4.69, 9.17) is 0 Å². The third-order valence-electron chi connectivity index (χ3n) is 3.57. The van der Waals surface area contributed by atoms with E-state index in [-0.39, 0.29) is 17.3 Å². The van der Waals surface area contributed by atoms with Crippen LogP contribution in [0.2, 0.25) is 0 Å². The first-order valence-electron chi connectivity index (χ1n) is 6.72. The first-order chi connectivity index (χ1) is 9.00. The number of hydrogen-bond donors (Lipinski definition) is 3. The topological polar surface area (TPSA) is 86.9 Å². The Hall–Kier alpha value is -0.630. The number of H-pyrrole nitrogens is 1. The molecule has 1 aliphatic rings. The summed E-state index contributed by atoms with van der Waals surface area (Å²) >= 11 is 0. The normalized spacial score (nSPS) is 19.6. The van der Waals surface area contributed by atoms with Crippen molar-refractivity contribution >= 4 is 22.4 Å². The smallest absolute Gasteiger partial charge is 0.244 e. The van der Waals surface area contributed by atoms with Gasteiger partial charge in [-0.05, 0) is 52.1 Å². The molecule has 116 valence electrons. The number of hydrogen-bond acceptors (Lipinski definition) is 4. The van der Waals surface area contributed by atoms with Crippen molar-refractivity contribution in [3.63, 3.8) is 0 Å². The average Bonchev–Trinajstić information content (AvgIpc) is 2.70. The van der Waals surface area contributed by atoms with E-state index in [9.17, 15) is 8.42 Å². The van der Waals surface area contributed by atoms with Gasteiger partial charge in [-0.2, -0.15) is 5.10 Å². The zero-order valence-corrected chi connectivity index (χ0v) is 13.5. The highest BCUT2D eigenvalue weighted by Gasteiger charge is 2.22. The number of piperidine rings is 1. The predicted molar refractivity (Wildman–Crippen MR) is 80.7 cm³/mol. The zero-order chi connectivity index (χ0) is 13.9. The number of sulfonamides is 1. The van der Waals surface area contributed by atoms with Gasteiger partial charge in [0.25, 0.3) is 0 Å². The number of aromatic amines is 1. The van der Waals surface area contributed by atoms with Crippen LogP contribution in [0, 0.1) is 19.8 Å². The predicted octanol–water partition coefficient (Wildman–Crippen LogP) is 1.12. The quantitative estimate of drug-likeness (QED) is 0.758. The van der Waals surface area contributed by atoms with E-state index in [0.29, 0.717) is 23.9 Å². The number of nitrogens with one attached hydrogen (secondary N) is 3. The Morgan fingerprint density at radius 1 is 1.40 bits per heavy atom. The number of rotatable bonds is 5. The van der Waals surface area contributed by atoms with Gasteiger partial charge in [-0.3, -0.25) is 5.10 Å². The molecule has 1 aromatic heterocycles. The molecule has 0 bridgehead atoms. The van der Waals surface area contributed by atoms with Gasteiger partial charge < -0.3 is 5.32 Å². The van der Waals surface area contributed by atoms with Crippen LogP contribution in [0.25, 0.3) is 0 Å². The van der Waals surface area contributed by atoms with Gasteiger partial charge in [-0.1, -0.05) is 0 Å². The molecule has 1 saturated heterocycles. The second-order valence-corrected chi connectivity index (χ2v) is 6.87. The second kappa shape index (κ2) is 7.40. The van der Waals surface area contributed by atoms with E-state index in [0.717, 1.165) is 19.5 Å². The Kier molecular flexibility index (Phi) is 6.44. The largest absolute Gasteiger partial charge is 0.316 e. The van der Waals surface area contributed by atoms with E-state index in [1.807, 2.05) is 0 Å². The van der Waals surface area contributed by atoms with Crippen LogP contribution in [0.3, 0.4) is 0 Å². The first kappa shape index (κ1) is 17.4. The first-order valence-corrected chi connectivity index (χ1v) is 8.21. The number of halogens is 1. The van der Waals surface area contributed by atoms with Gasteiger partial charge in [0, 0.05) is 6.54 Å².